The van der Waals surface area contributed by atoms with Crippen LogP contribution in [0.15, 0.2) is 54.7 Å². The van der Waals surface area contributed by atoms with Gasteiger partial charge in [0.2, 0.25) is 11.8 Å². The molecule has 0 saturated carbocycles. The van der Waals surface area contributed by atoms with Gasteiger partial charge in [-0.2, -0.15) is 0 Å². The zero-order valence-electron chi connectivity index (χ0n) is 21.4. The predicted octanol–water partition coefficient (Wildman–Crippen LogP) is 0.734. The number of fused-ring (bicyclic) bond motifs is 1. The van der Waals surface area contributed by atoms with Gasteiger partial charge in [0.05, 0.1) is 6.42 Å². The second-order valence-corrected chi connectivity index (χ2v) is 9.03. The van der Waals surface area contributed by atoms with Gasteiger partial charge < -0.3 is 36.9 Å². The molecule has 3 amide bonds. The van der Waals surface area contributed by atoms with Gasteiger partial charge in [-0.05, 0) is 30.2 Å². The highest BCUT2D eigenvalue weighted by Gasteiger charge is 2.29. The number of carbonyl (C=O) groups is 5. The fourth-order valence-electron chi connectivity index (χ4n) is 4.00. The first-order valence-electron chi connectivity index (χ1n) is 12.4. The summed E-state index contributed by atoms with van der Waals surface area (Å²) in [5.74, 6) is -4.76. The number of aliphatic carboxylic acids is 2. The Hall–Kier alpha value is -5.20. The van der Waals surface area contributed by atoms with Crippen LogP contribution >= 0.6 is 0 Å². The van der Waals surface area contributed by atoms with Crippen molar-refractivity contribution in [1.29, 1.82) is 5.41 Å². The molecule has 0 fully saturated rings. The second kappa shape index (κ2) is 13.6. The Kier molecular flexibility index (Phi) is 9.95. The summed E-state index contributed by atoms with van der Waals surface area (Å²) in [5.41, 5.74) is 7.65. The molecule has 0 bridgehead atoms. The maximum Gasteiger partial charge on any atom is 0.326 e. The van der Waals surface area contributed by atoms with Gasteiger partial charge in [0.15, 0.2) is 0 Å². The number of nitrogen functional groups attached to an aromatic ring is 1. The molecule has 1 aromatic heterocycles. The van der Waals surface area contributed by atoms with E-state index in [2.05, 4.69) is 20.9 Å². The summed E-state index contributed by atoms with van der Waals surface area (Å²) >= 11 is 0. The Morgan fingerprint density at radius 2 is 1.60 bits per heavy atom. The number of benzene rings is 2. The summed E-state index contributed by atoms with van der Waals surface area (Å²) in [6.07, 6.45) is 0.913. The molecule has 210 valence electrons. The third-order valence-corrected chi connectivity index (χ3v) is 6.07. The Bertz CT molecular complexity index is 1420. The van der Waals surface area contributed by atoms with Crippen molar-refractivity contribution < 1.29 is 34.2 Å². The number of carbonyl (C=O) groups excluding carboxylic acids is 3. The Morgan fingerprint density at radius 1 is 0.925 bits per heavy atom. The van der Waals surface area contributed by atoms with E-state index in [1.54, 1.807) is 12.3 Å². The molecule has 0 aliphatic heterocycles. The number of aromatic amines is 1. The van der Waals surface area contributed by atoms with E-state index in [1.807, 2.05) is 18.2 Å². The van der Waals surface area contributed by atoms with Crippen molar-refractivity contribution in [1.82, 2.24) is 20.9 Å². The first-order valence-corrected chi connectivity index (χ1v) is 12.4. The average molecular weight is 551 g/mol. The van der Waals surface area contributed by atoms with Crippen LogP contribution in [0.4, 0.5) is 0 Å². The molecule has 1 heterocycles. The third kappa shape index (κ3) is 8.15. The summed E-state index contributed by atoms with van der Waals surface area (Å²) in [4.78, 5) is 63.7. The maximum absolute atomic E-state index is 12.8. The fourth-order valence-corrected chi connectivity index (χ4v) is 4.00. The molecule has 13 nitrogen and oxygen atoms in total. The number of amidine groups is 1. The molecular formula is C27H30N6O7. The van der Waals surface area contributed by atoms with Crippen LogP contribution in [-0.2, 0) is 25.6 Å². The Labute approximate surface area is 228 Å². The van der Waals surface area contributed by atoms with E-state index in [1.165, 1.54) is 24.3 Å². The van der Waals surface area contributed by atoms with Gasteiger partial charge in [-0.3, -0.25) is 24.6 Å². The number of hydrogen-bond donors (Lipinski definition) is 8. The van der Waals surface area contributed by atoms with Crippen LogP contribution in [0.25, 0.3) is 10.9 Å². The lowest BCUT2D eigenvalue weighted by molar-refractivity contribution is -0.143. The highest BCUT2D eigenvalue weighted by atomic mass is 16.4. The molecule has 0 aliphatic rings. The van der Waals surface area contributed by atoms with Crippen LogP contribution in [0.1, 0.15) is 40.7 Å². The van der Waals surface area contributed by atoms with Crippen LogP contribution < -0.4 is 21.7 Å². The zero-order chi connectivity index (χ0) is 29.2. The molecule has 0 spiro atoms. The molecule has 0 aliphatic carbocycles. The van der Waals surface area contributed by atoms with Gasteiger partial charge in [0.25, 0.3) is 5.91 Å². The van der Waals surface area contributed by atoms with Gasteiger partial charge in [-0.25, -0.2) is 4.79 Å². The van der Waals surface area contributed by atoms with Crippen molar-refractivity contribution in [3.8, 4) is 0 Å². The number of carboxylic acids is 2. The lowest BCUT2D eigenvalue weighted by atomic mass is 10.0. The molecule has 0 radical (unpaired) electrons. The monoisotopic (exact) mass is 550 g/mol. The quantitative estimate of drug-likeness (QED) is 0.0808. The van der Waals surface area contributed by atoms with Crippen LogP contribution in [0.2, 0.25) is 0 Å². The lowest BCUT2D eigenvalue weighted by Crippen LogP contribution is -2.53. The van der Waals surface area contributed by atoms with Crippen molar-refractivity contribution in [3.05, 3.63) is 71.4 Å². The van der Waals surface area contributed by atoms with Gasteiger partial charge in [0.1, 0.15) is 17.9 Å². The van der Waals surface area contributed by atoms with E-state index in [0.717, 1.165) is 10.9 Å². The summed E-state index contributed by atoms with van der Waals surface area (Å²) < 4.78 is 0. The summed E-state index contributed by atoms with van der Waals surface area (Å²) in [6.45, 7) is 0.127. The topological polar surface area (TPSA) is 228 Å². The van der Waals surface area contributed by atoms with Gasteiger partial charge in [-0.1, -0.05) is 30.3 Å². The third-order valence-electron chi connectivity index (χ3n) is 6.07. The van der Waals surface area contributed by atoms with Crippen LogP contribution in [0.5, 0.6) is 0 Å². The standard InChI is InChI=1S/C27H30N6O7/c28-24(29)15-7-9-16(10-8-15)25(37)30-11-3-6-22(34)32-20(13-23(35)36)26(38)33-21(27(39)40)12-17-14-31-19-5-2-1-4-18(17)19/h1-2,4-5,7-10,14,20-21,31H,3,6,11-13H2,(H3,28,29)(H,30,37)(H,32,34)(H,33,38)(H,35,36)(H,39,40)/t20-,21+/m0/s1. The molecule has 40 heavy (non-hydrogen) atoms. The number of aromatic nitrogens is 1. The average Bonchev–Trinajstić information content (AvgIpc) is 3.32. The van der Waals surface area contributed by atoms with E-state index in [0.29, 0.717) is 16.7 Å². The second-order valence-electron chi connectivity index (χ2n) is 9.03. The van der Waals surface area contributed by atoms with Crippen molar-refractivity contribution >= 4 is 46.4 Å². The normalized spacial score (nSPS) is 12.2. The van der Waals surface area contributed by atoms with Crippen LogP contribution in [0.3, 0.4) is 0 Å². The first kappa shape index (κ1) is 29.4. The predicted molar refractivity (Wildman–Crippen MR) is 145 cm³/mol. The van der Waals surface area contributed by atoms with E-state index in [9.17, 15) is 34.2 Å². The smallest absolute Gasteiger partial charge is 0.326 e. The molecule has 0 unspecified atom stereocenters. The Morgan fingerprint density at radius 3 is 2.25 bits per heavy atom. The minimum absolute atomic E-state index is 0.0595. The number of amides is 3. The van der Waals surface area contributed by atoms with Gasteiger partial charge >= 0.3 is 11.9 Å². The van der Waals surface area contributed by atoms with E-state index < -0.39 is 48.2 Å². The minimum Gasteiger partial charge on any atom is -0.481 e. The summed E-state index contributed by atoms with van der Waals surface area (Å²) in [7, 11) is 0. The molecule has 2 atom stereocenters. The highest BCUT2D eigenvalue weighted by molar-refractivity contribution is 5.98. The van der Waals surface area contributed by atoms with Crippen molar-refractivity contribution in [2.75, 3.05) is 6.54 Å². The van der Waals surface area contributed by atoms with Crippen molar-refractivity contribution in [2.45, 2.75) is 37.8 Å². The number of nitrogens with one attached hydrogen (secondary N) is 5. The van der Waals surface area contributed by atoms with Gasteiger partial charge in [-0.15, -0.1) is 0 Å². The van der Waals surface area contributed by atoms with E-state index in [-0.39, 0.29) is 31.6 Å². The molecule has 2 aromatic carbocycles. The fraction of sp³-hybridized carbons (Fsp3) is 0.259. The first-order chi connectivity index (χ1) is 19.0. The highest BCUT2D eigenvalue weighted by Crippen LogP contribution is 2.19. The Balaban J connectivity index is 1.52. The number of carboxylic acid groups (broad SMARTS) is 2. The van der Waals surface area contributed by atoms with Gasteiger partial charge in [0, 0.05) is 47.6 Å². The zero-order valence-corrected chi connectivity index (χ0v) is 21.4. The minimum atomic E-state index is -1.50. The molecule has 3 rings (SSSR count). The molecular weight excluding hydrogens is 520 g/mol. The molecule has 9 N–H and O–H groups in total. The van der Waals surface area contributed by atoms with E-state index in [4.69, 9.17) is 11.1 Å². The van der Waals surface area contributed by atoms with E-state index >= 15 is 0 Å². The van der Waals surface area contributed by atoms with Crippen LogP contribution in [-0.4, -0.2) is 69.3 Å². The molecule has 3 aromatic rings. The summed E-state index contributed by atoms with van der Waals surface area (Å²) in [5, 5.41) is 34.4. The SMILES string of the molecule is N=C(N)c1ccc(C(=O)NCCCC(=O)N[C@@H](CC(=O)O)C(=O)N[C@H](Cc2c[nH]c3ccccc23)C(=O)O)cc1. The summed E-state index contributed by atoms with van der Waals surface area (Å²) in [6, 6.07) is 10.5. The molecule has 13 heteroatoms. The van der Waals surface area contributed by atoms with Crippen LogP contribution in [0, 0.1) is 5.41 Å². The maximum atomic E-state index is 12.8. The van der Waals surface area contributed by atoms with Crippen molar-refractivity contribution in [2.24, 2.45) is 5.73 Å². The van der Waals surface area contributed by atoms with Crippen molar-refractivity contribution in [3.63, 3.8) is 0 Å². The number of para-hydroxylation sites is 1. The molecule has 0 saturated heterocycles. The number of nitrogens with two attached hydrogens (primary N) is 1. The largest absolute Gasteiger partial charge is 0.481 e. The number of hydrogen-bond acceptors (Lipinski definition) is 6. The lowest BCUT2D eigenvalue weighted by Gasteiger charge is -2.20. The number of rotatable bonds is 14. The number of H-pyrrole nitrogens is 1.